The molecular weight excluding hydrogens is 125 g/mol. The molecule has 2 nitrogen and oxygen atoms in total. The second-order valence-corrected chi connectivity index (χ2v) is 1.75. The van der Waals surface area contributed by atoms with Crippen LogP contribution in [0, 0.1) is 0 Å². The Labute approximate surface area is 60.9 Å². The Kier molecular flexibility index (Phi) is 2.55. The molecule has 0 saturated carbocycles. The fourth-order valence-electron chi connectivity index (χ4n) is 0.630. The predicted octanol–water partition coefficient (Wildman–Crippen LogP) is 1.12. The molecule has 0 aromatic heterocycles. The molecule has 2 radical (unpaired) electrons. The van der Waals surface area contributed by atoms with Gasteiger partial charge in [-0.25, -0.2) is 0 Å². The first kappa shape index (κ1) is 6.87. The molecule has 48 valence electrons. The van der Waals surface area contributed by atoms with E-state index in [4.69, 9.17) is 0 Å². The molecule has 0 N–H and O–H groups in total. The van der Waals surface area contributed by atoms with Gasteiger partial charge >= 0.3 is 8.05 Å². The van der Waals surface area contributed by atoms with Gasteiger partial charge in [-0.3, -0.25) is 0 Å². The molecule has 0 unspecified atom stereocenters. The van der Waals surface area contributed by atoms with Gasteiger partial charge in [0.25, 0.3) is 0 Å². The monoisotopic (exact) mass is 131 g/mol. The van der Waals surface area contributed by atoms with E-state index in [1.54, 1.807) is 6.21 Å². The van der Waals surface area contributed by atoms with Crippen LogP contribution in [-0.4, -0.2) is 14.3 Å². The highest BCUT2D eigenvalue weighted by Crippen LogP contribution is 1.93. The largest absolute Gasteiger partial charge is 0.481 e. The molecule has 0 amide bonds. The summed E-state index contributed by atoms with van der Waals surface area (Å²) in [6.07, 6.45) is 1.54. The minimum atomic E-state index is 0.966. The smallest absolute Gasteiger partial charge is 0.420 e. The maximum absolute atomic E-state index is 4.68. The van der Waals surface area contributed by atoms with E-state index in [1.165, 1.54) is 0 Å². The van der Waals surface area contributed by atoms with E-state index in [-0.39, 0.29) is 0 Å². The normalized spacial score (nSPS) is 10.0. The van der Waals surface area contributed by atoms with Gasteiger partial charge in [-0.2, -0.15) is 0 Å². The van der Waals surface area contributed by atoms with Gasteiger partial charge in [0.05, 0.1) is 6.21 Å². The Morgan fingerprint density at radius 3 is 2.60 bits per heavy atom. The maximum atomic E-state index is 4.68. The van der Waals surface area contributed by atoms with Crippen LogP contribution in [0.25, 0.3) is 0 Å². The lowest BCUT2D eigenvalue weighted by atomic mass is 10.2. The standard InChI is InChI=1S/C7H6BNO/c8-10-9-6-7-4-2-1-3-5-7/h1-6H/b9-6+. The first-order valence-corrected chi connectivity index (χ1v) is 2.88. The summed E-state index contributed by atoms with van der Waals surface area (Å²) < 4.78 is 4.02. The van der Waals surface area contributed by atoms with Gasteiger partial charge in [0.1, 0.15) is 0 Å². The molecule has 1 rings (SSSR count). The van der Waals surface area contributed by atoms with Crippen molar-refractivity contribution in [1.82, 2.24) is 0 Å². The first-order valence-electron chi connectivity index (χ1n) is 2.88. The summed E-state index contributed by atoms with van der Waals surface area (Å²) in [7, 11) is 4.68. The van der Waals surface area contributed by atoms with Crippen molar-refractivity contribution in [3.63, 3.8) is 0 Å². The number of benzene rings is 1. The second kappa shape index (κ2) is 3.72. The van der Waals surface area contributed by atoms with Gasteiger partial charge in [-0.05, 0) is 5.56 Å². The number of hydrogen-bond donors (Lipinski definition) is 0. The third-order valence-electron chi connectivity index (χ3n) is 1.06. The average molecular weight is 131 g/mol. The van der Waals surface area contributed by atoms with E-state index in [0.717, 1.165) is 5.56 Å². The van der Waals surface area contributed by atoms with Crippen LogP contribution >= 0.6 is 0 Å². The Balaban J connectivity index is 2.67. The summed E-state index contributed by atoms with van der Waals surface area (Å²) in [5.41, 5.74) is 0.966. The Morgan fingerprint density at radius 1 is 1.30 bits per heavy atom. The summed E-state index contributed by atoms with van der Waals surface area (Å²) in [5.74, 6) is 0. The molecule has 0 fully saturated rings. The quantitative estimate of drug-likeness (QED) is 0.334. The van der Waals surface area contributed by atoms with E-state index in [0.29, 0.717) is 0 Å². The van der Waals surface area contributed by atoms with E-state index in [9.17, 15) is 0 Å². The highest BCUT2D eigenvalue weighted by Gasteiger charge is 1.80. The first-order chi connectivity index (χ1) is 4.93. The minimum Gasteiger partial charge on any atom is -0.481 e. The molecule has 3 heteroatoms. The lowest BCUT2D eigenvalue weighted by Crippen LogP contribution is -1.79. The molecule has 1 aromatic carbocycles. The van der Waals surface area contributed by atoms with Gasteiger partial charge in [-0.1, -0.05) is 30.3 Å². The van der Waals surface area contributed by atoms with E-state index in [2.05, 4.69) is 18.0 Å². The number of nitrogens with zero attached hydrogens (tertiary/aromatic N) is 1. The van der Waals surface area contributed by atoms with Crippen molar-refractivity contribution in [2.24, 2.45) is 5.16 Å². The van der Waals surface area contributed by atoms with Crippen LogP contribution in [0.2, 0.25) is 0 Å². The highest BCUT2D eigenvalue weighted by molar-refractivity contribution is 5.98. The molecular formula is C7H6BNO. The Bertz CT molecular complexity index is 210. The molecule has 0 saturated heterocycles. The van der Waals surface area contributed by atoms with Gasteiger partial charge < -0.3 is 4.76 Å². The van der Waals surface area contributed by atoms with Gasteiger partial charge in [0.15, 0.2) is 0 Å². The average Bonchev–Trinajstić information content (AvgIpc) is 2.03. The summed E-state index contributed by atoms with van der Waals surface area (Å²) in [6.45, 7) is 0. The predicted molar refractivity (Wildman–Crippen MR) is 40.9 cm³/mol. The number of rotatable bonds is 2. The SMILES string of the molecule is [B]O/N=C/c1ccccc1. The van der Waals surface area contributed by atoms with Gasteiger partial charge in [-0.15, -0.1) is 5.16 Å². The van der Waals surface area contributed by atoms with Crippen molar-refractivity contribution >= 4 is 14.3 Å². The third-order valence-corrected chi connectivity index (χ3v) is 1.06. The van der Waals surface area contributed by atoms with Crippen LogP contribution in [-0.2, 0) is 4.76 Å². The molecule has 0 aliphatic heterocycles. The summed E-state index contributed by atoms with van der Waals surface area (Å²) in [6, 6.07) is 9.57. The van der Waals surface area contributed by atoms with Crippen molar-refractivity contribution in [1.29, 1.82) is 0 Å². The lowest BCUT2D eigenvalue weighted by molar-refractivity contribution is 0.381. The molecule has 0 heterocycles. The van der Waals surface area contributed by atoms with Crippen LogP contribution in [0.5, 0.6) is 0 Å². The molecule has 0 atom stereocenters. The van der Waals surface area contributed by atoms with E-state index in [1.807, 2.05) is 30.3 Å². The van der Waals surface area contributed by atoms with Crippen LogP contribution in [0.1, 0.15) is 5.56 Å². The fraction of sp³-hybridized carbons (Fsp3) is 0. The van der Waals surface area contributed by atoms with Crippen LogP contribution < -0.4 is 0 Å². The lowest BCUT2D eigenvalue weighted by Gasteiger charge is -1.88. The summed E-state index contributed by atoms with van der Waals surface area (Å²) in [4.78, 5) is 0. The second-order valence-electron chi connectivity index (χ2n) is 1.75. The summed E-state index contributed by atoms with van der Waals surface area (Å²) in [5, 5.41) is 3.39. The number of hydrogen-bond acceptors (Lipinski definition) is 2. The molecule has 0 spiro atoms. The minimum absolute atomic E-state index is 0.966. The van der Waals surface area contributed by atoms with Gasteiger partial charge in [0.2, 0.25) is 0 Å². The third kappa shape index (κ3) is 1.93. The van der Waals surface area contributed by atoms with E-state index >= 15 is 0 Å². The van der Waals surface area contributed by atoms with Crippen molar-refractivity contribution < 1.29 is 4.76 Å². The zero-order valence-corrected chi connectivity index (χ0v) is 5.40. The topological polar surface area (TPSA) is 21.6 Å². The molecule has 1 aromatic rings. The van der Waals surface area contributed by atoms with Gasteiger partial charge in [0, 0.05) is 0 Å². The highest BCUT2D eigenvalue weighted by atomic mass is 16.6. The van der Waals surface area contributed by atoms with E-state index < -0.39 is 0 Å². The molecule has 10 heavy (non-hydrogen) atoms. The van der Waals surface area contributed by atoms with Crippen LogP contribution in [0.4, 0.5) is 0 Å². The fourth-order valence-corrected chi connectivity index (χ4v) is 0.630. The van der Waals surface area contributed by atoms with Crippen molar-refractivity contribution in [3.8, 4) is 0 Å². The zero-order valence-electron chi connectivity index (χ0n) is 5.40. The molecule has 0 aliphatic carbocycles. The number of oxime groups is 1. The summed E-state index contributed by atoms with van der Waals surface area (Å²) >= 11 is 0. The van der Waals surface area contributed by atoms with Crippen molar-refractivity contribution in [2.75, 3.05) is 0 Å². The molecule has 0 bridgehead atoms. The maximum Gasteiger partial charge on any atom is 0.420 e. The Morgan fingerprint density at radius 2 is 2.00 bits per heavy atom. The zero-order chi connectivity index (χ0) is 7.23. The Hall–Kier alpha value is -1.25. The van der Waals surface area contributed by atoms with Crippen LogP contribution in [0.15, 0.2) is 35.5 Å². The van der Waals surface area contributed by atoms with Crippen molar-refractivity contribution in [3.05, 3.63) is 35.9 Å². The molecule has 0 aliphatic rings. The van der Waals surface area contributed by atoms with Crippen molar-refractivity contribution in [2.45, 2.75) is 0 Å². The van der Waals surface area contributed by atoms with Crippen LogP contribution in [0.3, 0.4) is 0 Å².